The summed E-state index contributed by atoms with van der Waals surface area (Å²) < 4.78 is 16.5. The number of carbonyl (C=O) groups excluding carboxylic acids is 4. The van der Waals surface area contributed by atoms with E-state index in [4.69, 9.17) is 29.2 Å². The van der Waals surface area contributed by atoms with Crippen molar-refractivity contribution in [2.24, 2.45) is 10.6 Å². The number of oxime groups is 1. The highest BCUT2D eigenvalue weighted by Crippen LogP contribution is 2.44. The van der Waals surface area contributed by atoms with Gasteiger partial charge in [0.2, 0.25) is 11.9 Å². The van der Waals surface area contributed by atoms with Crippen molar-refractivity contribution in [1.82, 2.24) is 15.2 Å². The second-order valence-electron chi connectivity index (χ2n) is 18.7. The standard InChI is InChI=1S/C59H55N5O8S2/c1-39(71-55(68)57(2,3)4)70-54(67)50-40(36-69-5)37-73-53-49(52(66)64(50)53)61-51(65)48(63-72-59(44-30-18-9-19-31-44,45-32-20-10-21-33-45)46-34-22-11-23-35-46)47-38-74-56(60-47)62-58(41-24-12-6-13-25-41,42-26-14-7-15-27-42)43-28-16-8-17-29-43/h6-35,38-39,49,53H,36-37H2,1-5H3,(H,60,62)(H,61,65)/b63-48-/t39?,49?,53-/m1/s1. The second-order valence-corrected chi connectivity index (χ2v) is 20.7. The molecule has 2 aliphatic rings. The van der Waals surface area contributed by atoms with Gasteiger partial charge >= 0.3 is 11.9 Å². The first kappa shape index (κ1) is 51.1. The number of rotatable bonds is 18. The molecule has 2 amide bonds. The van der Waals surface area contributed by atoms with Crippen LogP contribution in [0, 0.1) is 5.41 Å². The summed E-state index contributed by atoms with van der Waals surface area (Å²) in [5, 5.41) is 13.0. The molecule has 0 saturated carbocycles. The molecule has 1 aromatic heterocycles. The molecule has 13 nitrogen and oxygen atoms in total. The third kappa shape index (κ3) is 10.2. The summed E-state index contributed by atoms with van der Waals surface area (Å²) in [6.07, 6.45) is -1.25. The molecule has 0 aliphatic carbocycles. The van der Waals surface area contributed by atoms with E-state index in [1.54, 1.807) is 26.2 Å². The molecular formula is C59H55N5O8S2. The minimum atomic E-state index is -1.38. The largest absolute Gasteiger partial charge is 0.425 e. The van der Waals surface area contributed by atoms with Crippen LogP contribution in [0.3, 0.4) is 0 Å². The number of carbonyl (C=O) groups is 4. The Bertz CT molecular complexity index is 2960. The third-order valence-electron chi connectivity index (χ3n) is 12.7. The summed E-state index contributed by atoms with van der Waals surface area (Å²) in [4.78, 5) is 69.6. The number of nitrogens with one attached hydrogen (secondary N) is 2. The van der Waals surface area contributed by atoms with Crippen LogP contribution in [0.1, 0.15) is 66.8 Å². The molecule has 2 unspecified atom stereocenters. The fourth-order valence-electron chi connectivity index (χ4n) is 9.10. The Kier molecular flexibility index (Phi) is 15.2. The zero-order valence-corrected chi connectivity index (χ0v) is 43.1. The molecular weight excluding hydrogens is 971 g/mol. The number of thioether (sulfide) groups is 1. The van der Waals surface area contributed by atoms with E-state index in [1.165, 1.54) is 42.0 Å². The van der Waals surface area contributed by atoms with Gasteiger partial charge in [-0.05, 0) is 43.0 Å². The van der Waals surface area contributed by atoms with Gasteiger partial charge < -0.3 is 29.7 Å². The van der Waals surface area contributed by atoms with Gasteiger partial charge in [-0.25, -0.2) is 9.78 Å². The van der Waals surface area contributed by atoms with Crippen LogP contribution in [0.4, 0.5) is 5.13 Å². The van der Waals surface area contributed by atoms with E-state index in [1.807, 2.05) is 146 Å². The number of amides is 2. The molecule has 1 saturated heterocycles. The van der Waals surface area contributed by atoms with E-state index in [2.05, 4.69) is 47.0 Å². The van der Waals surface area contributed by atoms with Gasteiger partial charge in [0.15, 0.2) is 10.8 Å². The molecule has 7 aromatic rings. The zero-order chi connectivity index (χ0) is 51.9. The van der Waals surface area contributed by atoms with E-state index in [0.29, 0.717) is 10.7 Å². The van der Waals surface area contributed by atoms with Crippen LogP contribution in [0.25, 0.3) is 0 Å². The van der Waals surface area contributed by atoms with E-state index in [9.17, 15) is 14.4 Å². The predicted octanol–water partition coefficient (Wildman–Crippen LogP) is 10.0. The van der Waals surface area contributed by atoms with Crippen LogP contribution in [-0.4, -0.2) is 76.5 Å². The number of esters is 2. The first-order valence-corrected chi connectivity index (χ1v) is 26.0. The summed E-state index contributed by atoms with van der Waals surface area (Å²) in [5.74, 6) is -2.47. The van der Waals surface area contributed by atoms with Crippen molar-refractivity contribution in [3.05, 3.63) is 238 Å². The molecule has 0 bridgehead atoms. The van der Waals surface area contributed by atoms with Crippen LogP contribution in [0.2, 0.25) is 0 Å². The molecule has 0 spiro atoms. The summed E-state index contributed by atoms with van der Waals surface area (Å²) in [6.45, 7) is 6.52. The van der Waals surface area contributed by atoms with Crippen LogP contribution >= 0.6 is 23.1 Å². The molecule has 2 aliphatic heterocycles. The molecule has 15 heteroatoms. The highest BCUT2D eigenvalue weighted by molar-refractivity contribution is 8.00. The minimum absolute atomic E-state index is 0.0293. The van der Waals surface area contributed by atoms with Crippen molar-refractivity contribution in [2.75, 3.05) is 24.8 Å². The predicted molar refractivity (Wildman–Crippen MR) is 287 cm³/mol. The Morgan fingerprint density at radius 2 is 1.16 bits per heavy atom. The summed E-state index contributed by atoms with van der Waals surface area (Å²) in [5.41, 5.74) is 2.33. The number of methoxy groups -OCH3 is 1. The Morgan fingerprint density at radius 1 is 0.703 bits per heavy atom. The number of aromatic nitrogens is 1. The zero-order valence-electron chi connectivity index (χ0n) is 41.5. The molecule has 6 aromatic carbocycles. The molecule has 1 fully saturated rings. The average molecular weight is 1030 g/mol. The topological polar surface area (TPSA) is 158 Å². The third-order valence-corrected chi connectivity index (χ3v) is 14.8. The molecule has 3 atom stereocenters. The van der Waals surface area contributed by atoms with Gasteiger partial charge in [-0.15, -0.1) is 23.1 Å². The Labute approximate surface area is 438 Å². The Hall–Kier alpha value is -7.85. The number of benzene rings is 6. The number of nitrogens with zero attached hydrogens (tertiary/aromatic N) is 3. The fraction of sp³-hybridized carbons (Fsp3) is 0.220. The minimum Gasteiger partial charge on any atom is -0.425 e. The van der Waals surface area contributed by atoms with E-state index in [-0.39, 0.29) is 29.5 Å². The Morgan fingerprint density at radius 3 is 1.61 bits per heavy atom. The lowest BCUT2D eigenvalue weighted by atomic mass is 9.77. The summed E-state index contributed by atoms with van der Waals surface area (Å²) >= 11 is 2.64. The molecule has 2 N–H and O–H groups in total. The number of anilines is 1. The number of hydrogen-bond donors (Lipinski definition) is 2. The van der Waals surface area contributed by atoms with Crippen molar-refractivity contribution < 1.29 is 38.2 Å². The summed E-state index contributed by atoms with van der Waals surface area (Å²) in [6, 6.07) is 58.1. The maximum absolute atomic E-state index is 15.2. The average Bonchev–Trinajstić information content (AvgIpc) is 3.90. The highest BCUT2D eigenvalue weighted by atomic mass is 32.2. The lowest BCUT2D eigenvalue weighted by Crippen LogP contribution is -2.71. The maximum Gasteiger partial charge on any atom is 0.358 e. The molecule has 74 heavy (non-hydrogen) atoms. The first-order valence-electron chi connectivity index (χ1n) is 24.1. The van der Waals surface area contributed by atoms with Crippen molar-refractivity contribution in [3.8, 4) is 0 Å². The number of β-lactam (4-membered cyclic amide) rings is 1. The van der Waals surface area contributed by atoms with Crippen molar-refractivity contribution in [2.45, 2.75) is 56.5 Å². The van der Waals surface area contributed by atoms with E-state index < -0.39 is 58.0 Å². The Balaban J connectivity index is 1.12. The van der Waals surface area contributed by atoms with Crippen LogP contribution in [0.15, 0.2) is 204 Å². The second kappa shape index (κ2) is 22.1. The number of thiazole rings is 1. The van der Waals surface area contributed by atoms with Crippen molar-refractivity contribution >= 4 is 57.7 Å². The van der Waals surface area contributed by atoms with Gasteiger partial charge in [0.05, 0.1) is 12.0 Å². The molecule has 0 radical (unpaired) electrons. The smallest absolute Gasteiger partial charge is 0.358 e. The van der Waals surface area contributed by atoms with E-state index in [0.717, 1.165) is 33.4 Å². The van der Waals surface area contributed by atoms with Crippen LogP contribution in [0.5, 0.6) is 0 Å². The van der Waals surface area contributed by atoms with Gasteiger partial charge in [-0.1, -0.05) is 187 Å². The molecule has 3 heterocycles. The van der Waals surface area contributed by atoms with Crippen LogP contribution < -0.4 is 10.6 Å². The molecule has 9 rings (SSSR count). The quantitative estimate of drug-likeness (QED) is 0.0211. The monoisotopic (exact) mass is 1030 g/mol. The SMILES string of the molecule is COCC1=C(C(=O)OC(C)OC(=O)C(C)(C)C)N2C(=O)C(NC(=O)/C(=N\OC(c3ccccc3)(c3ccccc3)c3ccccc3)c3csc(NC(c4ccccc4)(c4ccccc4)c4ccccc4)n3)[C@H]2SC1. The van der Waals surface area contributed by atoms with Gasteiger partial charge in [-0.3, -0.25) is 19.3 Å². The lowest BCUT2D eigenvalue weighted by molar-refractivity contribution is -0.190. The van der Waals surface area contributed by atoms with Crippen LogP contribution in [-0.2, 0) is 49.4 Å². The van der Waals surface area contributed by atoms with Crippen molar-refractivity contribution in [1.29, 1.82) is 0 Å². The maximum atomic E-state index is 15.2. The lowest BCUT2D eigenvalue weighted by Gasteiger charge is -2.49. The van der Waals surface area contributed by atoms with Gasteiger partial charge in [0, 0.05) is 41.9 Å². The first-order chi connectivity index (χ1) is 35.8. The number of fused-ring (bicyclic) bond motifs is 1. The fourth-order valence-corrected chi connectivity index (χ4v) is 11.2. The van der Waals surface area contributed by atoms with Gasteiger partial charge in [0.1, 0.15) is 28.3 Å². The van der Waals surface area contributed by atoms with Gasteiger partial charge in [0.25, 0.3) is 11.8 Å². The summed E-state index contributed by atoms with van der Waals surface area (Å²) in [7, 11) is 1.48. The number of ether oxygens (including phenoxy) is 3. The van der Waals surface area contributed by atoms with E-state index >= 15 is 4.79 Å². The molecule has 376 valence electrons. The number of hydrogen-bond acceptors (Lipinski definition) is 13. The van der Waals surface area contributed by atoms with Crippen molar-refractivity contribution in [3.63, 3.8) is 0 Å². The van der Waals surface area contributed by atoms with Gasteiger partial charge in [-0.2, -0.15) is 0 Å². The highest BCUT2D eigenvalue weighted by Gasteiger charge is 2.55. The normalized spacial score (nSPS) is 16.3.